The Hall–Kier alpha value is -1.05. The average molecular weight is 408 g/mol. The number of benzene rings is 1. The summed E-state index contributed by atoms with van der Waals surface area (Å²) < 4.78 is 1.82. The zero-order chi connectivity index (χ0) is 18.4. The van der Waals surface area contributed by atoms with Gasteiger partial charge in [-0.15, -0.1) is 10.2 Å². The molecular weight excluding hydrogens is 382 g/mol. The van der Waals surface area contributed by atoms with Crippen molar-refractivity contribution in [3.8, 4) is 0 Å². The van der Waals surface area contributed by atoms with E-state index < -0.39 is 0 Å². The minimum atomic E-state index is 0.108. The van der Waals surface area contributed by atoms with E-state index in [1.807, 2.05) is 0 Å². The number of nitrogens with one attached hydrogen (secondary N) is 1. The van der Waals surface area contributed by atoms with Crippen LogP contribution in [-0.4, -0.2) is 27.9 Å². The van der Waals surface area contributed by atoms with Gasteiger partial charge in [0.05, 0.1) is 5.75 Å². The molecule has 0 atom stereocenters. The molecule has 140 valence electrons. The third kappa shape index (κ3) is 5.99. The SMILES string of the molecule is CC(C)c1ccc(CSc2nnc(SCC(=O)NC3CCCC3)s2)cc1. The Balaban J connectivity index is 1.41. The lowest BCUT2D eigenvalue weighted by Gasteiger charge is -2.10. The smallest absolute Gasteiger partial charge is 0.230 e. The molecule has 4 nitrogen and oxygen atoms in total. The Labute approximate surface area is 168 Å². The van der Waals surface area contributed by atoms with Crippen LogP contribution >= 0.6 is 34.9 Å². The third-order valence-electron chi connectivity index (χ3n) is 4.44. The summed E-state index contributed by atoms with van der Waals surface area (Å²) in [5.41, 5.74) is 2.66. The molecule has 26 heavy (non-hydrogen) atoms. The van der Waals surface area contributed by atoms with Gasteiger partial charge < -0.3 is 5.32 Å². The van der Waals surface area contributed by atoms with Crippen molar-refractivity contribution in [3.05, 3.63) is 35.4 Å². The number of carbonyl (C=O) groups is 1. The van der Waals surface area contributed by atoms with Crippen LogP contribution in [0.15, 0.2) is 32.9 Å². The summed E-state index contributed by atoms with van der Waals surface area (Å²) in [6.07, 6.45) is 4.70. The molecule has 0 saturated heterocycles. The van der Waals surface area contributed by atoms with Gasteiger partial charge in [-0.2, -0.15) is 0 Å². The van der Waals surface area contributed by atoms with Gasteiger partial charge in [-0.25, -0.2) is 0 Å². The van der Waals surface area contributed by atoms with Crippen molar-refractivity contribution in [1.29, 1.82) is 0 Å². The second kappa shape index (κ2) is 9.76. The fourth-order valence-electron chi connectivity index (χ4n) is 2.92. The zero-order valence-corrected chi connectivity index (χ0v) is 17.7. The van der Waals surface area contributed by atoms with Gasteiger partial charge in [-0.1, -0.05) is 85.8 Å². The highest BCUT2D eigenvalue weighted by atomic mass is 32.2. The van der Waals surface area contributed by atoms with E-state index in [1.165, 1.54) is 35.7 Å². The van der Waals surface area contributed by atoms with Crippen LogP contribution in [0.5, 0.6) is 0 Å². The summed E-state index contributed by atoms with van der Waals surface area (Å²) >= 11 is 4.75. The Bertz CT molecular complexity index is 709. The van der Waals surface area contributed by atoms with Gasteiger partial charge in [0.25, 0.3) is 0 Å². The molecular formula is C19H25N3OS3. The lowest BCUT2D eigenvalue weighted by Crippen LogP contribution is -2.33. The first kappa shape index (κ1) is 19.7. The summed E-state index contributed by atoms with van der Waals surface area (Å²) in [5, 5.41) is 11.5. The molecule has 2 aromatic rings. The summed E-state index contributed by atoms with van der Waals surface area (Å²) in [7, 11) is 0. The molecule has 7 heteroatoms. The Morgan fingerprint density at radius 2 is 1.81 bits per heavy atom. The van der Waals surface area contributed by atoms with Crippen molar-refractivity contribution in [1.82, 2.24) is 15.5 Å². The summed E-state index contributed by atoms with van der Waals surface area (Å²) in [6, 6.07) is 9.15. The second-order valence-electron chi connectivity index (χ2n) is 6.86. The molecule has 1 heterocycles. The van der Waals surface area contributed by atoms with Crippen LogP contribution in [0.25, 0.3) is 0 Å². The maximum Gasteiger partial charge on any atom is 0.230 e. The maximum atomic E-state index is 12.0. The van der Waals surface area contributed by atoms with Crippen LogP contribution in [0.1, 0.15) is 56.6 Å². The van der Waals surface area contributed by atoms with Gasteiger partial charge in [0.1, 0.15) is 0 Å². The van der Waals surface area contributed by atoms with Gasteiger partial charge >= 0.3 is 0 Å². The molecule has 1 saturated carbocycles. The van der Waals surface area contributed by atoms with Crippen molar-refractivity contribution in [2.24, 2.45) is 0 Å². The number of rotatable bonds is 8. The molecule has 3 rings (SSSR count). The highest BCUT2D eigenvalue weighted by Gasteiger charge is 2.17. The van der Waals surface area contributed by atoms with Gasteiger partial charge in [0, 0.05) is 11.8 Å². The molecule has 0 bridgehead atoms. The van der Waals surface area contributed by atoms with E-state index in [0.29, 0.717) is 17.7 Å². The van der Waals surface area contributed by atoms with Crippen molar-refractivity contribution in [3.63, 3.8) is 0 Å². The quantitative estimate of drug-likeness (QED) is 0.617. The van der Waals surface area contributed by atoms with Crippen LogP contribution in [0.4, 0.5) is 0 Å². The van der Waals surface area contributed by atoms with Crippen molar-refractivity contribution in [2.75, 3.05) is 5.75 Å². The molecule has 0 radical (unpaired) electrons. The van der Waals surface area contributed by atoms with E-state index in [0.717, 1.165) is 27.3 Å². The number of hydrogen-bond acceptors (Lipinski definition) is 6. The minimum Gasteiger partial charge on any atom is -0.353 e. The Morgan fingerprint density at radius 3 is 2.46 bits per heavy atom. The van der Waals surface area contributed by atoms with Crippen LogP contribution in [0, 0.1) is 0 Å². The predicted octanol–water partition coefficient (Wildman–Crippen LogP) is 5.10. The van der Waals surface area contributed by atoms with E-state index in [2.05, 4.69) is 53.6 Å². The van der Waals surface area contributed by atoms with Gasteiger partial charge in [0.2, 0.25) is 5.91 Å². The first-order valence-electron chi connectivity index (χ1n) is 9.07. The first-order valence-corrected chi connectivity index (χ1v) is 11.9. The average Bonchev–Trinajstić information content (AvgIpc) is 3.30. The second-order valence-corrected chi connectivity index (χ2v) is 10.3. The maximum absolute atomic E-state index is 12.0. The molecule has 0 aliphatic heterocycles. The normalized spacial score (nSPS) is 14.9. The lowest BCUT2D eigenvalue weighted by molar-refractivity contribution is -0.119. The summed E-state index contributed by atoms with van der Waals surface area (Å²) in [6.45, 7) is 4.41. The number of thioether (sulfide) groups is 2. The van der Waals surface area contributed by atoms with E-state index in [4.69, 9.17) is 0 Å². The fraction of sp³-hybridized carbons (Fsp3) is 0.526. The van der Waals surface area contributed by atoms with Crippen LogP contribution in [0.2, 0.25) is 0 Å². The highest BCUT2D eigenvalue weighted by Crippen LogP contribution is 2.31. The van der Waals surface area contributed by atoms with E-state index >= 15 is 0 Å². The summed E-state index contributed by atoms with van der Waals surface area (Å²) in [4.78, 5) is 12.0. The molecule has 1 fully saturated rings. The Kier molecular flexibility index (Phi) is 7.40. The number of nitrogens with zero attached hydrogens (tertiary/aromatic N) is 2. The van der Waals surface area contributed by atoms with Crippen LogP contribution < -0.4 is 5.32 Å². The first-order chi connectivity index (χ1) is 12.6. The number of aromatic nitrogens is 2. The fourth-order valence-corrected chi connectivity index (χ4v) is 5.71. The van der Waals surface area contributed by atoms with E-state index in [-0.39, 0.29) is 5.91 Å². The number of carbonyl (C=O) groups excluding carboxylic acids is 1. The van der Waals surface area contributed by atoms with Crippen LogP contribution in [-0.2, 0) is 10.5 Å². The van der Waals surface area contributed by atoms with E-state index in [1.54, 1.807) is 23.1 Å². The molecule has 0 unspecified atom stereocenters. The summed E-state index contributed by atoms with van der Waals surface area (Å²) in [5.74, 6) is 1.98. The van der Waals surface area contributed by atoms with Gasteiger partial charge in [-0.3, -0.25) is 4.79 Å². The van der Waals surface area contributed by atoms with Crippen molar-refractivity contribution < 1.29 is 4.79 Å². The topological polar surface area (TPSA) is 54.9 Å². The number of amides is 1. The highest BCUT2D eigenvalue weighted by molar-refractivity contribution is 8.03. The monoisotopic (exact) mass is 407 g/mol. The molecule has 0 spiro atoms. The van der Waals surface area contributed by atoms with E-state index in [9.17, 15) is 4.79 Å². The van der Waals surface area contributed by atoms with Gasteiger partial charge in [-0.05, 0) is 29.9 Å². The minimum absolute atomic E-state index is 0.108. The molecule has 1 aliphatic rings. The van der Waals surface area contributed by atoms with Crippen molar-refractivity contribution in [2.45, 2.75) is 65.9 Å². The third-order valence-corrected chi connectivity index (χ3v) is 7.70. The predicted molar refractivity (Wildman–Crippen MR) is 111 cm³/mol. The molecule has 1 aliphatic carbocycles. The molecule has 1 aromatic heterocycles. The Morgan fingerprint density at radius 1 is 1.15 bits per heavy atom. The van der Waals surface area contributed by atoms with Crippen LogP contribution in [0.3, 0.4) is 0 Å². The number of hydrogen-bond donors (Lipinski definition) is 1. The molecule has 1 amide bonds. The lowest BCUT2D eigenvalue weighted by atomic mass is 10.0. The standard InChI is InChI=1S/C19H25N3OS3/c1-13(2)15-9-7-14(8-10-15)11-24-18-21-22-19(26-18)25-12-17(23)20-16-5-3-4-6-16/h7-10,13,16H,3-6,11-12H2,1-2H3,(H,20,23). The molecule has 1 aromatic carbocycles. The molecule has 1 N–H and O–H groups in total. The van der Waals surface area contributed by atoms with Crippen molar-refractivity contribution >= 4 is 40.8 Å². The zero-order valence-electron chi connectivity index (χ0n) is 15.2. The van der Waals surface area contributed by atoms with Gasteiger partial charge in [0.15, 0.2) is 8.68 Å². The largest absolute Gasteiger partial charge is 0.353 e.